The van der Waals surface area contributed by atoms with E-state index in [1.165, 1.54) is 0 Å². The van der Waals surface area contributed by atoms with Gasteiger partial charge in [0.05, 0.1) is 16.3 Å². The number of hydrogen-bond acceptors (Lipinski definition) is 5. The van der Waals surface area contributed by atoms with Crippen LogP contribution in [0.1, 0.15) is 28.9 Å². The van der Waals surface area contributed by atoms with Crippen molar-refractivity contribution in [2.24, 2.45) is 10.7 Å². The number of nitrogens with two attached hydrogens (primary N) is 1. The molecule has 10 heteroatoms. The molecule has 5 N–H and O–H groups in total. The smallest absolute Gasteiger partial charge is 0.270 e. The Bertz CT molecular complexity index is 1650. The van der Waals surface area contributed by atoms with Gasteiger partial charge < -0.3 is 21.4 Å². The summed E-state index contributed by atoms with van der Waals surface area (Å²) in [7, 11) is 0. The van der Waals surface area contributed by atoms with E-state index in [1.807, 2.05) is 72.1 Å². The molecule has 204 valence electrons. The van der Waals surface area contributed by atoms with E-state index >= 15 is 0 Å². The number of aliphatic imine (C=N–C) groups is 1. The predicted molar refractivity (Wildman–Crippen MR) is 163 cm³/mol. The third-order valence-electron chi connectivity index (χ3n) is 6.52. The highest BCUT2D eigenvalue weighted by molar-refractivity contribution is 7.13. The molecule has 0 aliphatic rings. The van der Waals surface area contributed by atoms with Crippen molar-refractivity contribution in [3.8, 4) is 10.6 Å². The minimum Gasteiger partial charge on any atom is -0.386 e. The Hall–Kier alpha value is -4.21. The van der Waals surface area contributed by atoms with Crippen molar-refractivity contribution in [3.05, 3.63) is 89.4 Å². The maximum absolute atomic E-state index is 13.6. The zero-order valence-electron chi connectivity index (χ0n) is 21.7. The fourth-order valence-electron chi connectivity index (χ4n) is 4.52. The van der Waals surface area contributed by atoms with Gasteiger partial charge in [0.2, 0.25) is 5.91 Å². The Morgan fingerprint density at radius 1 is 1.05 bits per heavy atom. The van der Waals surface area contributed by atoms with E-state index in [9.17, 15) is 9.59 Å². The summed E-state index contributed by atoms with van der Waals surface area (Å²) in [6.45, 7) is 0.754. The van der Waals surface area contributed by atoms with Crippen molar-refractivity contribution in [2.75, 3.05) is 12.4 Å². The van der Waals surface area contributed by atoms with Crippen LogP contribution < -0.4 is 16.4 Å². The maximum Gasteiger partial charge on any atom is 0.270 e. The lowest BCUT2D eigenvalue weighted by atomic mass is 10.1. The van der Waals surface area contributed by atoms with E-state index in [4.69, 9.17) is 22.3 Å². The average molecular weight is 573 g/mol. The molecule has 0 spiro atoms. The second-order valence-corrected chi connectivity index (χ2v) is 10.5. The van der Waals surface area contributed by atoms with Crippen LogP contribution in [0.5, 0.6) is 0 Å². The molecule has 0 aliphatic heterocycles. The first-order valence-corrected chi connectivity index (χ1v) is 14.4. The monoisotopic (exact) mass is 572 g/mol. The molecule has 5 rings (SSSR count). The Morgan fingerprint density at radius 3 is 2.62 bits per heavy atom. The van der Waals surface area contributed by atoms with Crippen molar-refractivity contribution >= 4 is 62.4 Å². The Labute approximate surface area is 240 Å². The molecule has 5 aromatic rings. The molecule has 2 aromatic carbocycles. The number of H-pyrrole nitrogens is 1. The summed E-state index contributed by atoms with van der Waals surface area (Å²) in [5, 5.41) is 9.74. The molecule has 8 nitrogen and oxygen atoms in total. The topological polar surface area (TPSA) is 125 Å². The van der Waals surface area contributed by atoms with Gasteiger partial charge in [0.1, 0.15) is 23.3 Å². The van der Waals surface area contributed by atoms with E-state index in [2.05, 4.69) is 20.6 Å². The number of fused-ring (bicyclic) bond motifs is 3. The van der Waals surface area contributed by atoms with Crippen LogP contribution in [0.4, 0.5) is 0 Å². The van der Waals surface area contributed by atoms with Gasteiger partial charge in [0.15, 0.2) is 0 Å². The molecule has 2 amide bonds. The molecule has 0 saturated heterocycles. The van der Waals surface area contributed by atoms with Crippen molar-refractivity contribution < 1.29 is 9.59 Å². The number of pyridine rings is 1. The fourth-order valence-corrected chi connectivity index (χ4v) is 5.33. The minimum atomic E-state index is -0.783. The lowest BCUT2D eigenvalue weighted by Crippen LogP contribution is -2.46. The summed E-state index contributed by atoms with van der Waals surface area (Å²) in [6.07, 6.45) is 0.912. The highest BCUT2D eigenvalue weighted by Gasteiger charge is 2.24. The number of nitrogens with one attached hydrogen (secondary N) is 3. The highest BCUT2D eigenvalue weighted by Crippen LogP contribution is 2.34. The average Bonchev–Trinajstić information content (AvgIpc) is 3.66. The van der Waals surface area contributed by atoms with Gasteiger partial charge in [-0.25, -0.2) is 4.98 Å². The van der Waals surface area contributed by atoms with Crippen LogP contribution in [0.3, 0.4) is 0 Å². The van der Waals surface area contributed by atoms with Crippen molar-refractivity contribution in [2.45, 2.75) is 25.4 Å². The highest BCUT2D eigenvalue weighted by atomic mass is 35.5. The number of nitrogens with zero attached hydrogens (tertiary/aromatic N) is 2. The van der Waals surface area contributed by atoms with Gasteiger partial charge in [-0.05, 0) is 42.0 Å². The number of hydrogen-bond donors (Lipinski definition) is 4. The number of aromatic amines is 1. The van der Waals surface area contributed by atoms with Crippen LogP contribution in [-0.2, 0) is 11.3 Å². The number of amidine groups is 1. The summed E-state index contributed by atoms with van der Waals surface area (Å²) >= 11 is 7.27. The standard InChI is InChI=1S/C30H29ClN6O2S/c31-17-26(32)33-14-6-12-23(29(38)34-18-19-8-2-1-3-9-19)37-30(39)24-16-21-20-10-4-5-11-22(20)35-27(21)28(36-24)25-13-7-15-40-25/h1-5,7-11,13,15-16,23,35H,6,12,14,17-18H2,(H2,32,33)(H,34,38)(H,37,39)/t23-/m0/s1. The van der Waals surface area contributed by atoms with Gasteiger partial charge in [-0.1, -0.05) is 54.6 Å². The van der Waals surface area contributed by atoms with Gasteiger partial charge in [-0.15, -0.1) is 22.9 Å². The SMILES string of the molecule is NC(CCl)=NCCC[C@H](NC(=O)c1cc2c([nH]c3ccccc32)c(-c2cccs2)n1)C(=O)NCc1ccccc1. The first-order valence-electron chi connectivity index (χ1n) is 13.0. The molecule has 0 unspecified atom stereocenters. The molecule has 0 fully saturated rings. The van der Waals surface area contributed by atoms with Crippen LogP contribution in [-0.4, -0.2) is 46.1 Å². The van der Waals surface area contributed by atoms with Crippen molar-refractivity contribution in [3.63, 3.8) is 0 Å². The number of carbonyl (C=O) groups excluding carboxylic acids is 2. The largest absolute Gasteiger partial charge is 0.386 e. The van der Waals surface area contributed by atoms with E-state index in [0.717, 1.165) is 32.2 Å². The van der Waals surface area contributed by atoms with Crippen LogP contribution in [0, 0.1) is 0 Å². The number of amides is 2. The molecule has 0 bridgehead atoms. The molecular formula is C30H29ClN6O2S. The zero-order chi connectivity index (χ0) is 27.9. The third-order valence-corrected chi connectivity index (χ3v) is 7.67. The van der Waals surface area contributed by atoms with Gasteiger partial charge in [-0.3, -0.25) is 14.6 Å². The first-order chi connectivity index (χ1) is 19.5. The summed E-state index contributed by atoms with van der Waals surface area (Å²) in [5.74, 6) is -0.216. The van der Waals surface area contributed by atoms with E-state index in [1.54, 1.807) is 17.4 Å². The number of alkyl halides is 1. The molecule has 40 heavy (non-hydrogen) atoms. The third kappa shape index (κ3) is 6.32. The second kappa shape index (κ2) is 12.8. The fraction of sp³-hybridized carbons (Fsp3) is 0.200. The van der Waals surface area contributed by atoms with E-state index < -0.39 is 11.9 Å². The van der Waals surface area contributed by atoms with Gasteiger partial charge >= 0.3 is 0 Å². The quantitative estimate of drug-likeness (QED) is 0.0747. The van der Waals surface area contributed by atoms with Crippen molar-refractivity contribution in [1.29, 1.82) is 0 Å². The number of halogens is 1. The van der Waals surface area contributed by atoms with Crippen LogP contribution in [0.25, 0.3) is 32.4 Å². The maximum atomic E-state index is 13.6. The molecular weight excluding hydrogens is 544 g/mol. The molecule has 1 atom stereocenters. The zero-order valence-corrected chi connectivity index (χ0v) is 23.3. The van der Waals surface area contributed by atoms with Gasteiger partial charge in [0.25, 0.3) is 5.91 Å². The molecule has 3 aromatic heterocycles. The molecule has 0 aliphatic carbocycles. The number of rotatable bonds is 11. The Morgan fingerprint density at radius 2 is 1.85 bits per heavy atom. The lowest BCUT2D eigenvalue weighted by Gasteiger charge is -2.18. The van der Waals surface area contributed by atoms with Gasteiger partial charge in [0, 0.05) is 29.4 Å². The normalized spacial score (nSPS) is 12.5. The number of thiophene rings is 1. The summed E-state index contributed by atoms with van der Waals surface area (Å²) in [5.41, 5.74) is 9.44. The lowest BCUT2D eigenvalue weighted by molar-refractivity contribution is -0.123. The van der Waals surface area contributed by atoms with Crippen LogP contribution in [0.15, 0.2) is 83.2 Å². The Kier molecular flexibility index (Phi) is 8.73. The number of carbonyl (C=O) groups is 2. The summed E-state index contributed by atoms with van der Waals surface area (Å²) in [4.78, 5) is 40.2. The molecule has 0 saturated carbocycles. The van der Waals surface area contributed by atoms with E-state index in [0.29, 0.717) is 37.5 Å². The second-order valence-electron chi connectivity index (χ2n) is 9.30. The number of para-hydroxylation sites is 1. The van der Waals surface area contributed by atoms with Crippen LogP contribution >= 0.6 is 22.9 Å². The number of benzene rings is 2. The first kappa shape index (κ1) is 27.4. The minimum absolute atomic E-state index is 0.145. The van der Waals surface area contributed by atoms with Gasteiger partial charge in [-0.2, -0.15) is 0 Å². The molecule has 0 radical (unpaired) electrons. The van der Waals surface area contributed by atoms with E-state index in [-0.39, 0.29) is 17.5 Å². The van der Waals surface area contributed by atoms with Crippen molar-refractivity contribution in [1.82, 2.24) is 20.6 Å². The summed E-state index contributed by atoms with van der Waals surface area (Å²) < 4.78 is 0. The number of aromatic nitrogens is 2. The summed E-state index contributed by atoms with van der Waals surface area (Å²) in [6, 6.07) is 22.5. The predicted octanol–water partition coefficient (Wildman–Crippen LogP) is 5.24. The Balaban J connectivity index is 1.42. The molecule has 3 heterocycles. The van der Waals surface area contributed by atoms with Crippen LogP contribution in [0.2, 0.25) is 0 Å².